The minimum absolute atomic E-state index is 0.104. The van der Waals surface area contributed by atoms with E-state index in [9.17, 15) is 13.2 Å². The largest absolute Gasteiger partial charge is 0.418 e. The molecule has 1 aliphatic carbocycles. The zero-order valence-electron chi connectivity index (χ0n) is 11.8. The third-order valence-electron chi connectivity index (χ3n) is 3.45. The Morgan fingerprint density at radius 2 is 1.77 bits per heavy atom. The lowest BCUT2D eigenvalue weighted by molar-refractivity contribution is -0.137. The van der Waals surface area contributed by atoms with Crippen molar-refractivity contribution >= 4 is 40.5 Å². The molecule has 0 radical (unpaired) electrons. The number of hydrogen-bond donors (Lipinski definition) is 0. The molecule has 7 heteroatoms. The molecule has 0 bridgehead atoms. The van der Waals surface area contributed by atoms with Gasteiger partial charge >= 0.3 is 6.18 Å². The Hall–Kier alpha value is -0.840. The average Bonchev–Trinajstić information content (AvgIpc) is 2.41. The van der Waals surface area contributed by atoms with Crippen LogP contribution in [0, 0.1) is 0 Å². The minimum atomic E-state index is -4.45. The van der Waals surface area contributed by atoms with Gasteiger partial charge in [-0.3, -0.25) is 0 Å². The second kappa shape index (κ2) is 6.34. The minimum Gasteiger partial charge on any atom is -0.377 e. The summed E-state index contributed by atoms with van der Waals surface area (Å²) < 4.78 is 39.8. The highest BCUT2D eigenvalue weighted by molar-refractivity contribution is 6.42. The molecule has 0 saturated carbocycles. The van der Waals surface area contributed by atoms with Crippen LogP contribution in [0.5, 0.6) is 0 Å². The SMILES string of the molecule is CN(C)c1ccc(C2CC(Cl)=C(Cl)C=C2Cl)cc1C(F)(F)F. The summed E-state index contributed by atoms with van der Waals surface area (Å²) in [7, 11) is 3.13. The summed E-state index contributed by atoms with van der Waals surface area (Å²) >= 11 is 18.0. The maximum absolute atomic E-state index is 13.3. The number of benzene rings is 1. The number of nitrogens with zero attached hydrogens (tertiary/aromatic N) is 1. The van der Waals surface area contributed by atoms with Crippen molar-refractivity contribution in [3.05, 3.63) is 50.5 Å². The Morgan fingerprint density at radius 3 is 2.32 bits per heavy atom. The van der Waals surface area contributed by atoms with Gasteiger partial charge in [0, 0.05) is 35.8 Å². The third-order valence-corrected chi connectivity index (χ3v) is 4.61. The Bertz CT molecular complexity index is 648. The van der Waals surface area contributed by atoms with Crippen molar-refractivity contribution in [2.45, 2.75) is 18.5 Å². The van der Waals surface area contributed by atoms with Gasteiger partial charge < -0.3 is 4.90 Å². The van der Waals surface area contributed by atoms with E-state index in [1.807, 2.05) is 0 Å². The predicted molar refractivity (Wildman–Crippen MR) is 85.8 cm³/mol. The van der Waals surface area contributed by atoms with Crippen LogP contribution in [-0.2, 0) is 6.18 Å². The van der Waals surface area contributed by atoms with E-state index >= 15 is 0 Å². The fourth-order valence-electron chi connectivity index (χ4n) is 2.34. The summed E-state index contributed by atoms with van der Waals surface area (Å²) in [4.78, 5) is 1.43. The van der Waals surface area contributed by atoms with Crippen molar-refractivity contribution < 1.29 is 13.2 Å². The van der Waals surface area contributed by atoms with Gasteiger partial charge in [-0.2, -0.15) is 13.2 Å². The van der Waals surface area contributed by atoms with Crippen molar-refractivity contribution in [2.75, 3.05) is 19.0 Å². The molecule has 0 heterocycles. The highest BCUT2D eigenvalue weighted by atomic mass is 35.5. The molecule has 1 atom stereocenters. The van der Waals surface area contributed by atoms with Gasteiger partial charge in [0.1, 0.15) is 0 Å². The van der Waals surface area contributed by atoms with Crippen LogP contribution in [0.2, 0.25) is 0 Å². The molecule has 1 aromatic rings. The molecule has 2 rings (SSSR count). The van der Waals surface area contributed by atoms with E-state index in [1.165, 1.54) is 17.0 Å². The highest BCUT2D eigenvalue weighted by Crippen LogP contribution is 2.44. The maximum Gasteiger partial charge on any atom is 0.418 e. The lowest BCUT2D eigenvalue weighted by Gasteiger charge is -2.24. The van der Waals surface area contributed by atoms with Crippen LogP contribution < -0.4 is 4.90 Å². The second-order valence-corrected chi connectivity index (χ2v) is 6.51. The molecule has 0 saturated heterocycles. The number of allylic oxidation sites excluding steroid dienone is 4. The summed E-state index contributed by atoms with van der Waals surface area (Å²) in [5, 5.41) is 1.09. The van der Waals surface area contributed by atoms with Gasteiger partial charge in [0.15, 0.2) is 0 Å². The van der Waals surface area contributed by atoms with Crippen molar-refractivity contribution in [1.29, 1.82) is 0 Å². The Balaban J connectivity index is 2.49. The van der Waals surface area contributed by atoms with E-state index in [0.717, 1.165) is 6.07 Å². The van der Waals surface area contributed by atoms with Crippen LogP contribution in [-0.4, -0.2) is 14.1 Å². The fourth-order valence-corrected chi connectivity index (χ4v) is 3.11. The van der Waals surface area contributed by atoms with Crippen molar-refractivity contribution in [2.24, 2.45) is 0 Å². The average molecular weight is 371 g/mol. The van der Waals surface area contributed by atoms with E-state index in [1.54, 1.807) is 20.2 Å². The Kier molecular flexibility index (Phi) is 5.05. The monoisotopic (exact) mass is 369 g/mol. The van der Waals surface area contributed by atoms with Crippen LogP contribution in [0.4, 0.5) is 18.9 Å². The molecule has 1 aromatic carbocycles. The van der Waals surface area contributed by atoms with Crippen molar-refractivity contribution in [3.63, 3.8) is 0 Å². The van der Waals surface area contributed by atoms with Gasteiger partial charge in [-0.05, 0) is 30.2 Å². The van der Waals surface area contributed by atoms with Crippen molar-refractivity contribution in [3.8, 4) is 0 Å². The summed E-state index contributed by atoms with van der Waals surface area (Å²) in [6.45, 7) is 0. The number of anilines is 1. The topological polar surface area (TPSA) is 3.24 Å². The lowest BCUT2D eigenvalue weighted by Crippen LogP contribution is -2.17. The second-order valence-electron chi connectivity index (χ2n) is 5.21. The van der Waals surface area contributed by atoms with Gasteiger partial charge in [-0.1, -0.05) is 40.9 Å². The van der Waals surface area contributed by atoms with Gasteiger partial charge in [-0.15, -0.1) is 0 Å². The van der Waals surface area contributed by atoms with Crippen LogP contribution in [0.3, 0.4) is 0 Å². The molecule has 1 nitrogen and oxygen atoms in total. The van der Waals surface area contributed by atoms with Gasteiger partial charge in [-0.25, -0.2) is 0 Å². The van der Waals surface area contributed by atoms with E-state index in [0.29, 0.717) is 20.7 Å². The molecule has 0 fully saturated rings. The fraction of sp³-hybridized carbons (Fsp3) is 0.333. The molecule has 1 aliphatic rings. The van der Waals surface area contributed by atoms with Gasteiger partial charge in [0.05, 0.1) is 10.6 Å². The zero-order valence-corrected chi connectivity index (χ0v) is 14.1. The summed E-state index contributed by atoms with van der Waals surface area (Å²) in [5.41, 5.74) is -0.135. The summed E-state index contributed by atoms with van der Waals surface area (Å²) in [6, 6.07) is 4.20. The van der Waals surface area contributed by atoms with Crippen molar-refractivity contribution in [1.82, 2.24) is 0 Å². The van der Waals surface area contributed by atoms with E-state index in [4.69, 9.17) is 34.8 Å². The molecular formula is C15H13Cl3F3N. The third kappa shape index (κ3) is 3.55. The number of alkyl halides is 3. The van der Waals surface area contributed by atoms with E-state index in [2.05, 4.69) is 0 Å². The van der Waals surface area contributed by atoms with Crippen LogP contribution >= 0.6 is 34.8 Å². The number of rotatable bonds is 2. The molecule has 0 N–H and O–H groups in total. The first-order valence-corrected chi connectivity index (χ1v) is 7.54. The molecule has 0 spiro atoms. The first-order chi connectivity index (χ1) is 10.1. The van der Waals surface area contributed by atoms with Crippen LogP contribution in [0.15, 0.2) is 39.4 Å². The number of hydrogen-bond acceptors (Lipinski definition) is 1. The van der Waals surface area contributed by atoms with Crippen LogP contribution in [0.25, 0.3) is 0 Å². The first-order valence-electron chi connectivity index (χ1n) is 6.41. The standard InChI is InChI=1S/C15H13Cl3F3N/c1-22(2)14-4-3-8(5-10(14)15(19,20)21)9-6-12(17)13(18)7-11(9)16/h3-5,7,9H,6H2,1-2H3. The smallest absolute Gasteiger partial charge is 0.377 e. The molecule has 1 unspecified atom stereocenters. The zero-order chi connectivity index (χ0) is 16.7. The summed E-state index contributed by atoms with van der Waals surface area (Å²) in [5.74, 6) is -0.422. The molecular weight excluding hydrogens is 358 g/mol. The van der Waals surface area contributed by atoms with E-state index < -0.39 is 17.7 Å². The Labute approximate surface area is 141 Å². The number of halogens is 6. The van der Waals surface area contributed by atoms with Gasteiger partial charge in [0.25, 0.3) is 0 Å². The van der Waals surface area contributed by atoms with Gasteiger partial charge in [0.2, 0.25) is 0 Å². The quantitative estimate of drug-likeness (QED) is 0.610. The first kappa shape index (κ1) is 17.5. The van der Waals surface area contributed by atoms with Crippen LogP contribution in [0.1, 0.15) is 23.5 Å². The Morgan fingerprint density at radius 1 is 1.14 bits per heavy atom. The molecule has 0 aliphatic heterocycles. The summed E-state index contributed by atoms with van der Waals surface area (Å²) in [6.07, 6.45) is -2.68. The molecule has 0 aromatic heterocycles. The maximum atomic E-state index is 13.3. The predicted octanol–water partition coefficient (Wildman–Crippen LogP) is 6.07. The highest BCUT2D eigenvalue weighted by Gasteiger charge is 2.35. The molecule has 120 valence electrons. The lowest BCUT2D eigenvalue weighted by atomic mass is 9.90. The normalized spacial score (nSPS) is 19.3. The molecule has 0 amide bonds. The van der Waals surface area contributed by atoms with E-state index in [-0.39, 0.29) is 12.1 Å². The molecule has 22 heavy (non-hydrogen) atoms.